The average Bonchev–Trinajstić information content (AvgIpc) is 3.46. The summed E-state index contributed by atoms with van der Waals surface area (Å²) in [5.41, 5.74) is 0.547. The van der Waals surface area contributed by atoms with Gasteiger partial charge >= 0.3 is 0 Å². The van der Waals surface area contributed by atoms with Crippen LogP contribution in [0.15, 0.2) is 12.1 Å². The summed E-state index contributed by atoms with van der Waals surface area (Å²) in [7, 11) is 0. The number of ether oxygens (including phenoxy) is 1. The SMILES string of the molecule is CC(C)(O)[C@H](CC1CC1)NC(=O)c1nc(OCC2CC2)ccc1C1CC1. The first kappa shape index (κ1) is 17.8. The van der Waals surface area contributed by atoms with Crippen LogP contribution in [0.3, 0.4) is 0 Å². The van der Waals surface area contributed by atoms with E-state index in [2.05, 4.69) is 10.3 Å². The number of nitrogens with one attached hydrogen (secondary N) is 1. The zero-order valence-corrected chi connectivity index (χ0v) is 15.8. The van der Waals surface area contributed by atoms with E-state index in [1.54, 1.807) is 13.8 Å². The lowest BCUT2D eigenvalue weighted by atomic mass is 9.93. The summed E-state index contributed by atoms with van der Waals surface area (Å²) in [6, 6.07) is 3.64. The van der Waals surface area contributed by atoms with Gasteiger partial charge in [0.1, 0.15) is 5.69 Å². The number of aromatic nitrogens is 1. The van der Waals surface area contributed by atoms with E-state index in [4.69, 9.17) is 4.74 Å². The molecule has 1 aromatic rings. The molecule has 3 fully saturated rings. The van der Waals surface area contributed by atoms with Crippen molar-refractivity contribution in [2.45, 2.75) is 76.4 Å². The molecule has 1 amide bonds. The molecule has 4 rings (SSSR count). The first-order valence-corrected chi connectivity index (χ1v) is 10.1. The predicted molar refractivity (Wildman–Crippen MR) is 99.3 cm³/mol. The number of hydrogen-bond acceptors (Lipinski definition) is 4. The minimum Gasteiger partial charge on any atom is -0.477 e. The van der Waals surface area contributed by atoms with Gasteiger partial charge in [0.2, 0.25) is 5.88 Å². The van der Waals surface area contributed by atoms with Crippen molar-refractivity contribution in [2.24, 2.45) is 11.8 Å². The number of rotatable bonds is 9. The first-order valence-electron chi connectivity index (χ1n) is 10.1. The molecule has 5 heteroatoms. The van der Waals surface area contributed by atoms with E-state index in [1.807, 2.05) is 12.1 Å². The van der Waals surface area contributed by atoms with Gasteiger partial charge in [-0.25, -0.2) is 4.98 Å². The fourth-order valence-electron chi connectivity index (χ4n) is 3.36. The summed E-state index contributed by atoms with van der Waals surface area (Å²) in [6.07, 6.45) is 7.88. The number of nitrogens with zero attached hydrogens (tertiary/aromatic N) is 1. The van der Waals surface area contributed by atoms with Gasteiger partial charge in [-0.2, -0.15) is 0 Å². The molecule has 2 N–H and O–H groups in total. The Kier molecular flexibility index (Phi) is 4.68. The first-order chi connectivity index (χ1) is 12.4. The second-order valence-corrected chi connectivity index (χ2v) is 8.97. The molecule has 3 saturated carbocycles. The van der Waals surface area contributed by atoms with Crippen LogP contribution >= 0.6 is 0 Å². The van der Waals surface area contributed by atoms with Gasteiger partial charge in [0.05, 0.1) is 18.2 Å². The van der Waals surface area contributed by atoms with Gasteiger partial charge < -0.3 is 15.2 Å². The maximum Gasteiger partial charge on any atom is 0.270 e. The van der Waals surface area contributed by atoms with Gasteiger partial charge in [-0.1, -0.05) is 18.9 Å². The molecular formula is C21H30N2O3. The fourth-order valence-corrected chi connectivity index (χ4v) is 3.36. The fraction of sp³-hybridized carbons (Fsp3) is 0.714. The van der Waals surface area contributed by atoms with Crippen molar-refractivity contribution in [3.05, 3.63) is 23.4 Å². The minimum absolute atomic E-state index is 0.184. The van der Waals surface area contributed by atoms with Gasteiger partial charge in [0.15, 0.2) is 0 Å². The largest absolute Gasteiger partial charge is 0.477 e. The van der Waals surface area contributed by atoms with Gasteiger partial charge in [0.25, 0.3) is 5.91 Å². The third-order valence-electron chi connectivity index (χ3n) is 5.72. The van der Waals surface area contributed by atoms with Crippen molar-refractivity contribution in [3.8, 4) is 5.88 Å². The topological polar surface area (TPSA) is 71.5 Å². The van der Waals surface area contributed by atoms with Crippen molar-refractivity contribution < 1.29 is 14.6 Å². The number of carbonyl (C=O) groups excluding carboxylic acids is 1. The van der Waals surface area contributed by atoms with Crippen LogP contribution in [-0.2, 0) is 0 Å². The van der Waals surface area contributed by atoms with E-state index in [1.165, 1.54) is 25.7 Å². The number of aliphatic hydroxyl groups is 1. The van der Waals surface area contributed by atoms with Crippen molar-refractivity contribution in [1.82, 2.24) is 10.3 Å². The molecule has 5 nitrogen and oxygen atoms in total. The van der Waals surface area contributed by atoms with Gasteiger partial charge in [0, 0.05) is 6.07 Å². The Morgan fingerprint density at radius 3 is 2.50 bits per heavy atom. The van der Waals surface area contributed by atoms with Gasteiger partial charge in [-0.3, -0.25) is 4.79 Å². The van der Waals surface area contributed by atoms with E-state index in [0.717, 1.165) is 24.8 Å². The second kappa shape index (κ2) is 6.84. The number of carbonyl (C=O) groups is 1. The highest BCUT2D eigenvalue weighted by atomic mass is 16.5. The summed E-state index contributed by atoms with van der Waals surface area (Å²) in [5.74, 6) is 2.06. The van der Waals surface area contributed by atoms with Crippen LogP contribution in [0.4, 0.5) is 0 Å². The van der Waals surface area contributed by atoms with Crippen LogP contribution in [0.2, 0.25) is 0 Å². The number of amides is 1. The Bertz CT molecular complexity index is 670. The molecule has 142 valence electrons. The molecule has 0 unspecified atom stereocenters. The van der Waals surface area contributed by atoms with Crippen LogP contribution < -0.4 is 10.1 Å². The van der Waals surface area contributed by atoms with E-state index >= 15 is 0 Å². The Morgan fingerprint density at radius 2 is 1.92 bits per heavy atom. The van der Waals surface area contributed by atoms with Crippen molar-refractivity contribution >= 4 is 5.91 Å². The quantitative estimate of drug-likeness (QED) is 0.709. The normalized spacial score (nSPS) is 21.3. The van der Waals surface area contributed by atoms with E-state index in [0.29, 0.717) is 35.9 Å². The minimum atomic E-state index is -0.946. The van der Waals surface area contributed by atoms with Crippen LogP contribution in [0.25, 0.3) is 0 Å². The number of hydrogen-bond donors (Lipinski definition) is 2. The molecular weight excluding hydrogens is 328 g/mol. The van der Waals surface area contributed by atoms with Crippen molar-refractivity contribution in [1.29, 1.82) is 0 Å². The van der Waals surface area contributed by atoms with Crippen LogP contribution in [0.1, 0.15) is 80.8 Å². The maximum absolute atomic E-state index is 13.0. The Labute approximate surface area is 155 Å². The van der Waals surface area contributed by atoms with Gasteiger partial charge in [-0.05, 0) is 69.3 Å². The molecule has 26 heavy (non-hydrogen) atoms. The lowest BCUT2D eigenvalue weighted by Gasteiger charge is -2.30. The van der Waals surface area contributed by atoms with Gasteiger partial charge in [-0.15, -0.1) is 0 Å². The zero-order chi connectivity index (χ0) is 18.3. The van der Waals surface area contributed by atoms with Crippen LogP contribution in [0, 0.1) is 11.8 Å². The lowest BCUT2D eigenvalue weighted by Crippen LogP contribution is -2.49. The molecule has 0 spiro atoms. The van der Waals surface area contributed by atoms with E-state index in [9.17, 15) is 9.90 Å². The van der Waals surface area contributed by atoms with E-state index < -0.39 is 5.60 Å². The molecule has 0 radical (unpaired) electrons. The monoisotopic (exact) mass is 358 g/mol. The molecule has 1 heterocycles. The summed E-state index contributed by atoms with van der Waals surface area (Å²) in [5, 5.41) is 13.6. The highest BCUT2D eigenvalue weighted by Crippen LogP contribution is 2.42. The Hall–Kier alpha value is -1.62. The van der Waals surface area contributed by atoms with Crippen molar-refractivity contribution in [3.63, 3.8) is 0 Å². The second-order valence-electron chi connectivity index (χ2n) is 8.97. The summed E-state index contributed by atoms with van der Waals surface area (Å²) < 4.78 is 5.78. The lowest BCUT2D eigenvalue weighted by molar-refractivity contribution is 0.0301. The Morgan fingerprint density at radius 1 is 1.23 bits per heavy atom. The molecule has 0 saturated heterocycles. The van der Waals surface area contributed by atoms with E-state index in [-0.39, 0.29) is 11.9 Å². The molecule has 0 aromatic carbocycles. The maximum atomic E-state index is 13.0. The van der Waals surface area contributed by atoms with Crippen LogP contribution in [-0.4, -0.2) is 34.2 Å². The average molecular weight is 358 g/mol. The molecule has 3 aliphatic carbocycles. The van der Waals surface area contributed by atoms with Crippen LogP contribution in [0.5, 0.6) is 5.88 Å². The smallest absolute Gasteiger partial charge is 0.270 e. The summed E-state index contributed by atoms with van der Waals surface area (Å²) in [6.45, 7) is 4.22. The predicted octanol–water partition coefficient (Wildman–Crippen LogP) is 3.42. The highest BCUT2D eigenvalue weighted by molar-refractivity contribution is 5.94. The standard InChI is InChI=1S/C21H30N2O3/c1-21(2,25)17(11-13-3-4-13)22-20(24)19-16(15-7-8-15)9-10-18(23-19)26-12-14-5-6-14/h9-10,13-15,17,25H,3-8,11-12H2,1-2H3,(H,22,24)/t17-/m0/s1. The summed E-state index contributed by atoms with van der Waals surface area (Å²) >= 11 is 0. The number of pyridine rings is 1. The zero-order valence-electron chi connectivity index (χ0n) is 15.8. The molecule has 0 aliphatic heterocycles. The van der Waals surface area contributed by atoms with Crippen molar-refractivity contribution in [2.75, 3.05) is 6.61 Å². The molecule has 3 aliphatic rings. The molecule has 0 bridgehead atoms. The molecule has 1 atom stereocenters. The third-order valence-corrected chi connectivity index (χ3v) is 5.72. The molecule has 1 aromatic heterocycles. The third kappa shape index (κ3) is 4.56. The Balaban J connectivity index is 1.50. The highest BCUT2D eigenvalue weighted by Gasteiger charge is 2.36. The summed E-state index contributed by atoms with van der Waals surface area (Å²) in [4.78, 5) is 17.6.